The second-order valence-corrected chi connectivity index (χ2v) is 4.61. The van der Waals surface area contributed by atoms with Crippen molar-refractivity contribution in [3.8, 4) is 0 Å². The third-order valence-corrected chi connectivity index (χ3v) is 2.98. The fourth-order valence-electron chi connectivity index (χ4n) is 1.95. The Morgan fingerprint density at radius 3 is 2.40 bits per heavy atom. The maximum absolute atomic E-state index is 12.6. The molecule has 2 rings (SSSR count). The van der Waals surface area contributed by atoms with Crippen molar-refractivity contribution in [2.75, 3.05) is 11.1 Å². The van der Waals surface area contributed by atoms with E-state index in [4.69, 9.17) is 5.73 Å². The highest BCUT2D eigenvalue weighted by Gasteiger charge is 2.30. The van der Waals surface area contributed by atoms with Crippen molar-refractivity contribution < 1.29 is 13.2 Å². The van der Waals surface area contributed by atoms with Crippen LogP contribution in [-0.4, -0.2) is 0 Å². The van der Waals surface area contributed by atoms with Gasteiger partial charge in [-0.15, -0.1) is 0 Å². The van der Waals surface area contributed by atoms with E-state index in [-0.39, 0.29) is 6.04 Å². The molecule has 0 aliphatic heterocycles. The quantitative estimate of drug-likeness (QED) is 0.814. The highest BCUT2D eigenvalue weighted by atomic mass is 19.4. The average Bonchev–Trinajstić information content (AvgIpc) is 2.38. The van der Waals surface area contributed by atoms with Crippen LogP contribution in [0.15, 0.2) is 48.5 Å². The standard InChI is InChI=1S/C15H15F3N2/c1-10(11-4-2-6-13(19)8-11)20-14-7-3-5-12(9-14)15(16,17)18/h2-10,20H,19H2,1H3. The number of nitrogen functional groups attached to an aromatic ring is 1. The van der Waals surface area contributed by atoms with Gasteiger partial charge < -0.3 is 11.1 Å². The van der Waals surface area contributed by atoms with Gasteiger partial charge >= 0.3 is 6.18 Å². The number of nitrogens with one attached hydrogen (secondary N) is 1. The van der Waals surface area contributed by atoms with Gasteiger partial charge in [-0.2, -0.15) is 13.2 Å². The van der Waals surface area contributed by atoms with Gasteiger partial charge in [-0.05, 0) is 42.8 Å². The van der Waals surface area contributed by atoms with E-state index >= 15 is 0 Å². The molecule has 2 aromatic rings. The number of benzene rings is 2. The summed E-state index contributed by atoms with van der Waals surface area (Å²) in [7, 11) is 0. The van der Waals surface area contributed by atoms with Crippen LogP contribution in [0.5, 0.6) is 0 Å². The largest absolute Gasteiger partial charge is 0.416 e. The zero-order chi connectivity index (χ0) is 14.8. The molecule has 1 unspecified atom stereocenters. The van der Waals surface area contributed by atoms with Crippen molar-refractivity contribution in [3.05, 3.63) is 59.7 Å². The molecule has 3 N–H and O–H groups in total. The Kier molecular flexibility index (Phi) is 3.88. The number of halogens is 3. The number of alkyl halides is 3. The maximum atomic E-state index is 12.6. The molecule has 0 aliphatic rings. The fraction of sp³-hybridized carbons (Fsp3) is 0.200. The van der Waals surface area contributed by atoms with Crippen molar-refractivity contribution in [2.24, 2.45) is 0 Å². The minimum Gasteiger partial charge on any atom is -0.399 e. The van der Waals surface area contributed by atoms with Crippen LogP contribution in [-0.2, 0) is 6.18 Å². The molecule has 0 bridgehead atoms. The molecule has 2 nitrogen and oxygen atoms in total. The third-order valence-electron chi connectivity index (χ3n) is 2.98. The summed E-state index contributed by atoms with van der Waals surface area (Å²) in [6, 6.07) is 12.3. The lowest BCUT2D eigenvalue weighted by Crippen LogP contribution is -2.09. The lowest BCUT2D eigenvalue weighted by molar-refractivity contribution is -0.137. The lowest BCUT2D eigenvalue weighted by Gasteiger charge is -2.17. The molecule has 0 spiro atoms. The molecule has 20 heavy (non-hydrogen) atoms. The smallest absolute Gasteiger partial charge is 0.399 e. The predicted molar refractivity (Wildman–Crippen MR) is 74.3 cm³/mol. The summed E-state index contributed by atoms with van der Waals surface area (Å²) in [5.41, 5.74) is 7.00. The second kappa shape index (κ2) is 5.45. The van der Waals surface area contributed by atoms with Gasteiger partial charge in [-0.3, -0.25) is 0 Å². The molecule has 0 saturated carbocycles. The molecule has 0 radical (unpaired) electrons. The molecule has 5 heteroatoms. The Hall–Kier alpha value is -2.17. The summed E-state index contributed by atoms with van der Waals surface area (Å²) < 4.78 is 37.9. The van der Waals surface area contributed by atoms with E-state index in [2.05, 4.69) is 5.32 Å². The predicted octanol–water partition coefficient (Wildman–Crippen LogP) is 4.46. The van der Waals surface area contributed by atoms with Gasteiger partial charge in [0.15, 0.2) is 0 Å². The van der Waals surface area contributed by atoms with Crippen LogP contribution in [0.1, 0.15) is 24.1 Å². The van der Waals surface area contributed by atoms with E-state index in [1.54, 1.807) is 18.2 Å². The van der Waals surface area contributed by atoms with E-state index in [0.717, 1.165) is 17.7 Å². The van der Waals surface area contributed by atoms with E-state index in [0.29, 0.717) is 11.4 Å². The fourth-order valence-corrected chi connectivity index (χ4v) is 1.95. The molecule has 0 amide bonds. The molecular weight excluding hydrogens is 265 g/mol. The van der Waals surface area contributed by atoms with Crippen LogP contribution in [0.25, 0.3) is 0 Å². The number of hydrogen-bond acceptors (Lipinski definition) is 2. The first-order valence-corrected chi connectivity index (χ1v) is 6.15. The number of anilines is 2. The van der Waals surface area contributed by atoms with E-state index in [1.807, 2.05) is 19.1 Å². The molecule has 0 heterocycles. The van der Waals surface area contributed by atoms with E-state index < -0.39 is 11.7 Å². The number of rotatable bonds is 3. The second-order valence-electron chi connectivity index (χ2n) is 4.61. The van der Waals surface area contributed by atoms with E-state index in [9.17, 15) is 13.2 Å². The van der Waals surface area contributed by atoms with Gasteiger partial charge in [-0.25, -0.2) is 0 Å². The maximum Gasteiger partial charge on any atom is 0.416 e. The van der Waals surface area contributed by atoms with Crippen molar-refractivity contribution in [3.63, 3.8) is 0 Å². The van der Waals surface area contributed by atoms with Gasteiger partial charge in [0.1, 0.15) is 0 Å². The Labute approximate surface area is 115 Å². The summed E-state index contributed by atoms with van der Waals surface area (Å²) in [5.74, 6) is 0. The van der Waals surface area contributed by atoms with Crippen LogP contribution in [0.3, 0.4) is 0 Å². The molecule has 0 aromatic heterocycles. The first-order valence-electron chi connectivity index (χ1n) is 6.15. The van der Waals surface area contributed by atoms with Crippen molar-refractivity contribution >= 4 is 11.4 Å². The summed E-state index contributed by atoms with van der Waals surface area (Å²) in [4.78, 5) is 0. The minimum atomic E-state index is -4.34. The van der Waals surface area contributed by atoms with Crippen LogP contribution in [0.4, 0.5) is 24.5 Å². The van der Waals surface area contributed by atoms with Gasteiger partial charge in [0.05, 0.1) is 5.56 Å². The van der Waals surface area contributed by atoms with Gasteiger partial charge in [-0.1, -0.05) is 18.2 Å². The summed E-state index contributed by atoms with van der Waals surface area (Å²) in [6.45, 7) is 1.87. The Balaban J connectivity index is 2.18. The number of nitrogens with two attached hydrogens (primary N) is 1. The zero-order valence-electron chi connectivity index (χ0n) is 10.9. The zero-order valence-corrected chi connectivity index (χ0v) is 10.9. The average molecular weight is 280 g/mol. The van der Waals surface area contributed by atoms with Crippen molar-refractivity contribution in [2.45, 2.75) is 19.1 Å². The Morgan fingerprint density at radius 1 is 1.05 bits per heavy atom. The van der Waals surface area contributed by atoms with Crippen molar-refractivity contribution in [1.82, 2.24) is 0 Å². The molecule has 1 atom stereocenters. The van der Waals surface area contributed by atoms with Crippen LogP contribution < -0.4 is 11.1 Å². The highest BCUT2D eigenvalue weighted by Crippen LogP contribution is 2.31. The van der Waals surface area contributed by atoms with Crippen LogP contribution >= 0.6 is 0 Å². The van der Waals surface area contributed by atoms with Crippen LogP contribution in [0.2, 0.25) is 0 Å². The Morgan fingerprint density at radius 2 is 1.75 bits per heavy atom. The third kappa shape index (κ3) is 3.44. The molecule has 2 aromatic carbocycles. The molecule has 0 aliphatic carbocycles. The van der Waals surface area contributed by atoms with E-state index in [1.165, 1.54) is 6.07 Å². The first kappa shape index (κ1) is 14.2. The van der Waals surface area contributed by atoms with Gasteiger partial charge in [0.2, 0.25) is 0 Å². The van der Waals surface area contributed by atoms with Crippen molar-refractivity contribution in [1.29, 1.82) is 0 Å². The number of hydrogen-bond donors (Lipinski definition) is 2. The lowest BCUT2D eigenvalue weighted by atomic mass is 10.1. The molecule has 0 fully saturated rings. The van der Waals surface area contributed by atoms with Gasteiger partial charge in [0, 0.05) is 17.4 Å². The molecular formula is C15H15F3N2. The minimum absolute atomic E-state index is 0.137. The summed E-state index contributed by atoms with van der Waals surface area (Å²) in [6.07, 6.45) is -4.34. The summed E-state index contributed by atoms with van der Waals surface area (Å²) in [5, 5.41) is 3.04. The normalized spacial score (nSPS) is 13.0. The topological polar surface area (TPSA) is 38.0 Å². The SMILES string of the molecule is CC(Nc1cccc(C(F)(F)F)c1)c1cccc(N)c1. The van der Waals surface area contributed by atoms with Crippen LogP contribution in [0, 0.1) is 0 Å². The van der Waals surface area contributed by atoms with Gasteiger partial charge in [0.25, 0.3) is 0 Å². The molecule has 0 saturated heterocycles. The summed E-state index contributed by atoms with van der Waals surface area (Å²) >= 11 is 0. The molecule has 106 valence electrons. The monoisotopic (exact) mass is 280 g/mol. The highest BCUT2D eigenvalue weighted by molar-refractivity contribution is 5.50. The Bertz CT molecular complexity index is 594. The first-order chi connectivity index (χ1) is 9.36.